The van der Waals surface area contributed by atoms with Gasteiger partial charge in [0, 0.05) is 22.8 Å². The molecule has 0 aliphatic heterocycles. The zero-order valence-electron chi connectivity index (χ0n) is 9.10. The Bertz CT molecular complexity index is 450. The predicted octanol–water partition coefficient (Wildman–Crippen LogP) is 2.45. The summed E-state index contributed by atoms with van der Waals surface area (Å²) in [5, 5.41) is 12.4. The number of nitrogens with one attached hydrogen (secondary N) is 1. The fourth-order valence-electron chi connectivity index (χ4n) is 1.42. The first-order valence-corrected chi connectivity index (χ1v) is 5.95. The maximum atomic E-state index is 9.08. The van der Waals surface area contributed by atoms with Crippen LogP contribution in [0.25, 0.3) is 0 Å². The van der Waals surface area contributed by atoms with Crippen molar-refractivity contribution in [3.05, 3.63) is 45.9 Å². The highest BCUT2D eigenvalue weighted by molar-refractivity contribution is 7.11. The molecule has 3 nitrogen and oxygen atoms in total. The second kappa shape index (κ2) is 5.09. The lowest BCUT2D eigenvalue weighted by Crippen LogP contribution is -2.12. The molecule has 2 aromatic rings. The molecule has 2 aromatic heterocycles. The molecular weight excluding hydrogens is 220 g/mol. The quantitative estimate of drug-likeness (QED) is 0.854. The molecule has 0 aliphatic carbocycles. The van der Waals surface area contributed by atoms with Crippen LogP contribution in [0.5, 0.6) is 5.75 Å². The van der Waals surface area contributed by atoms with Crippen LogP contribution in [0.3, 0.4) is 0 Å². The minimum Gasteiger partial charge on any atom is -0.506 e. The minimum absolute atomic E-state index is 0.206. The van der Waals surface area contributed by atoms with Gasteiger partial charge in [-0.2, -0.15) is 0 Å². The van der Waals surface area contributed by atoms with E-state index < -0.39 is 0 Å². The van der Waals surface area contributed by atoms with E-state index in [9.17, 15) is 0 Å². The number of hydrogen-bond donors (Lipinski definition) is 2. The second-order valence-corrected chi connectivity index (χ2v) is 5.00. The first-order chi connectivity index (χ1) is 7.74. The topological polar surface area (TPSA) is 45.1 Å². The van der Waals surface area contributed by atoms with Crippen LogP contribution >= 0.6 is 11.3 Å². The lowest BCUT2D eigenvalue weighted by atomic mass is 10.3. The van der Waals surface area contributed by atoms with Crippen LogP contribution in [0, 0.1) is 6.92 Å². The average Bonchev–Trinajstić information content (AvgIpc) is 2.67. The molecule has 16 heavy (non-hydrogen) atoms. The first kappa shape index (κ1) is 11.1. The molecule has 2 rings (SSSR count). The fourth-order valence-corrected chi connectivity index (χ4v) is 2.28. The van der Waals surface area contributed by atoms with Crippen molar-refractivity contribution in [1.29, 1.82) is 0 Å². The normalized spacial score (nSPS) is 10.6. The third-order valence-corrected chi connectivity index (χ3v) is 3.21. The Labute approximate surface area is 98.8 Å². The van der Waals surface area contributed by atoms with Gasteiger partial charge in [0.25, 0.3) is 0 Å². The van der Waals surface area contributed by atoms with Gasteiger partial charge in [-0.15, -0.1) is 11.3 Å². The Morgan fingerprint density at radius 3 is 2.75 bits per heavy atom. The molecule has 0 aliphatic rings. The lowest BCUT2D eigenvalue weighted by Gasteiger charge is -2.02. The largest absolute Gasteiger partial charge is 0.506 e. The van der Waals surface area contributed by atoms with Gasteiger partial charge in [-0.1, -0.05) is 0 Å². The summed E-state index contributed by atoms with van der Waals surface area (Å²) in [4.78, 5) is 6.77. The summed E-state index contributed by atoms with van der Waals surface area (Å²) in [5.41, 5.74) is 0.936. The van der Waals surface area contributed by atoms with E-state index >= 15 is 0 Å². The molecule has 0 radical (unpaired) electrons. The Kier molecular flexibility index (Phi) is 3.54. The number of thiophene rings is 1. The van der Waals surface area contributed by atoms with Crippen molar-refractivity contribution >= 4 is 11.3 Å². The Balaban J connectivity index is 1.82. The monoisotopic (exact) mass is 234 g/mol. The number of aromatic nitrogens is 1. The maximum Gasteiger partial charge on any atom is 0.133 e. The van der Waals surface area contributed by atoms with E-state index in [1.807, 2.05) is 6.07 Å². The van der Waals surface area contributed by atoms with Crippen LogP contribution in [-0.4, -0.2) is 10.1 Å². The van der Waals surface area contributed by atoms with Gasteiger partial charge in [0.1, 0.15) is 5.75 Å². The lowest BCUT2D eigenvalue weighted by molar-refractivity contribution is 0.471. The van der Waals surface area contributed by atoms with Crippen LogP contribution in [-0.2, 0) is 13.1 Å². The SMILES string of the molecule is Cc1ccc(CNCc2ccc(O)cn2)s1. The maximum absolute atomic E-state index is 9.08. The summed E-state index contributed by atoms with van der Waals surface area (Å²) in [7, 11) is 0. The zero-order valence-corrected chi connectivity index (χ0v) is 9.92. The molecule has 0 aromatic carbocycles. The van der Waals surface area contributed by atoms with E-state index in [0.29, 0.717) is 0 Å². The molecule has 0 amide bonds. The van der Waals surface area contributed by atoms with Gasteiger partial charge in [-0.25, -0.2) is 0 Å². The summed E-state index contributed by atoms with van der Waals surface area (Å²) in [6, 6.07) is 7.74. The molecule has 0 saturated carbocycles. The van der Waals surface area contributed by atoms with Gasteiger partial charge in [0.05, 0.1) is 11.9 Å². The molecule has 0 bridgehead atoms. The van der Waals surface area contributed by atoms with Crippen LogP contribution in [0.4, 0.5) is 0 Å². The standard InChI is InChI=1S/C12H14N2OS/c1-9-2-5-12(16-9)8-13-6-10-3-4-11(15)7-14-10/h2-5,7,13,15H,6,8H2,1H3. The van der Waals surface area contributed by atoms with Crippen molar-refractivity contribution < 1.29 is 5.11 Å². The van der Waals surface area contributed by atoms with E-state index in [-0.39, 0.29) is 5.75 Å². The van der Waals surface area contributed by atoms with Crippen molar-refractivity contribution in [3.63, 3.8) is 0 Å². The van der Waals surface area contributed by atoms with Crippen LogP contribution in [0.1, 0.15) is 15.4 Å². The number of rotatable bonds is 4. The fraction of sp³-hybridized carbons (Fsp3) is 0.250. The molecule has 2 N–H and O–H groups in total. The van der Waals surface area contributed by atoms with E-state index in [0.717, 1.165) is 18.8 Å². The average molecular weight is 234 g/mol. The van der Waals surface area contributed by atoms with E-state index in [1.165, 1.54) is 16.0 Å². The summed E-state index contributed by atoms with van der Waals surface area (Å²) in [6.45, 7) is 3.69. The molecule has 0 atom stereocenters. The highest BCUT2D eigenvalue weighted by atomic mass is 32.1. The second-order valence-electron chi connectivity index (χ2n) is 3.62. The summed E-state index contributed by atoms with van der Waals surface area (Å²) in [5.74, 6) is 0.206. The minimum atomic E-state index is 0.206. The Morgan fingerprint density at radius 2 is 2.12 bits per heavy atom. The third kappa shape index (κ3) is 3.05. The first-order valence-electron chi connectivity index (χ1n) is 5.14. The van der Waals surface area contributed by atoms with Gasteiger partial charge in [-0.05, 0) is 31.2 Å². The van der Waals surface area contributed by atoms with Crippen LogP contribution in [0.15, 0.2) is 30.5 Å². The molecule has 2 heterocycles. The summed E-state index contributed by atoms with van der Waals surface area (Å²) < 4.78 is 0. The van der Waals surface area contributed by atoms with Crippen LogP contribution < -0.4 is 5.32 Å². The summed E-state index contributed by atoms with van der Waals surface area (Å²) in [6.07, 6.45) is 1.46. The number of nitrogens with zero attached hydrogens (tertiary/aromatic N) is 1. The number of hydrogen-bond acceptors (Lipinski definition) is 4. The van der Waals surface area contributed by atoms with Gasteiger partial charge < -0.3 is 10.4 Å². The highest BCUT2D eigenvalue weighted by Crippen LogP contribution is 2.14. The number of pyridine rings is 1. The van der Waals surface area contributed by atoms with E-state index in [4.69, 9.17) is 5.11 Å². The molecule has 4 heteroatoms. The highest BCUT2D eigenvalue weighted by Gasteiger charge is 1.97. The Hall–Kier alpha value is -1.39. The van der Waals surface area contributed by atoms with E-state index in [1.54, 1.807) is 17.4 Å². The van der Waals surface area contributed by atoms with Crippen molar-refractivity contribution in [1.82, 2.24) is 10.3 Å². The summed E-state index contributed by atoms with van der Waals surface area (Å²) >= 11 is 1.80. The van der Waals surface area contributed by atoms with Gasteiger partial charge >= 0.3 is 0 Å². The molecule has 0 saturated heterocycles. The van der Waals surface area contributed by atoms with Crippen LogP contribution in [0.2, 0.25) is 0 Å². The van der Waals surface area contributed by atoms with Crippen molar-refractivity contribution in [2.45, 2.75) is 20.0 Å². The van der Waals surface area contributed by atoms with Gasteiger partial charge in [-0.3, -0.25) is 4.98 Å². The molecular formula is C12H14N2OS. The Morgan fingerprint density at radius 1 is 1.25 bits per heavy atom. The molecule has 84 valence electrons. The van der Waals surface area contributed by atoms with Crippen molar-refractivity contribution in [3.8, 4) is 5.75 Å². The van der Waals surface area contributed by atoms with Gasteiger partial charge in [0.15, 0.2) is 0 Å². The number of aryl methyl sites for hydroxylation is 1. The van der Waals surface area contributed by atoms with Crippen molar-refractivity contribution in [2.24, 2.45) is 0 Å². The van der Waals surface area contributed by atoms with Gasteiger partial charge in [0.2, 0.25) is 0 Å². The smallest absolute Gasteiger partial charge is 0.133 e. The predicted molar refractivity (Wildman–Crippen MR) is 65.5 cm³/mol. The number of aromatic hydroxyl groups is 1. The molecule has 0 fully saturated rings. The van der Waals surface area contributed by atoms with E-state index in [2.05, 4.69) is 29.4 Å². The zero-order chi connectivity index (χ0) is 11.4. The van der Waals surface area contributed by atoms with Crippen molar-refractivity contribution in [2.75, 3.05) is 0 Å². The molecule has 0 spiro atoms. The third-order valence-electron chi connectivity index (χ3n) is 2.21. The molecule has 0 unspecified atom stereocenters.